The van der Waals surface area contributed by atoms with Gasteiger partial charge in [0.05, 0.1) is 5.39 Å². The predicted octanol–water partition coefficient (Wildman–Crippen LogP) is 5.33. The lowest BCUT2D eigenvalue weighted by atomic mass is 9.89. The Morgan fingerprint density at radius 1 is 0.806 bits per heavy atom. The molecule has 2 aliphatic rings. The van der Waals surface area contributed by atoms with Crippen molar-refractivity contribution in [3.05, 3.63) is 67.1 Å². The molecule has 1 saturated carbocycles. The van der Waals surface area contributed by atoms with Crippen molar-refractivity contribution in [3.8, 4) is 28.5 Å². The first-order valence-electron chi connectivity index (χ1n) is 13.0. The number of aromatic hydroxyl groups is 1. The lowest BCUT2D eigenvalue weighted by molar-refractivity contribution is 0.0828. The van der Waals surface area contributed by atoms with Crippen LogP contribution < -0.4 is 4.74 Å². The minimum Gasteiger partial charge on any atom is -0.493 e. The molecule has 3 heterocycles. The van der Waals surface area contributed by atoms with Crippen molar-refractivity contribution < 1.29 is 9.84 Å². The Hall–Kier alpha value is -3.42. The molecule has 7 heteroatoms. The molecule has 0 amide bonds. The molecule has 0 radical (unpaired) electrons. The third-order valence-corrected chi connectivity index (χ3v) is 7.85. The van der Waals surface area contributed by atoms with Crippen LogP contribution in [0.25, 0.3) is 22.2 Å². The second-order valence-corrected chi connectivity index (χ2v) is 10.1. The Balaban J connectivity index is 1.24. The Morgan fingerprint density at radius 2 is 1.47 bits per heavy atom. The summed E-state index contributed by atoms with van der Waals surface area (Å²) in [6.45, 7) is 4.68. The van der Waals surface area contributed by atoms with Crippen molar-refractivity contribution in [2.24, 2.45) is 0 Å². The molecule has 0 atom stereocenters. The summed E-state index contributed by atoms with van der Waals surface area (Å²) >= 11 is 0. The number of hydrogen-bond donors (Lipinski definition) is 1. The molecule has 2 aromatic carbocycles. The smallest absolute Gasteiger partial charge is 0.224 e. The van der Waals surface area contributed by atoms with Gasteiger partial charge in [-0.3, -0.25) is 4.90 Å². The van der Waals surface area contributed by atoms with E-state index in [1.165, 1.54) is 32.3 Å². The molecular formula is C29H33N5O2. The number of rotatable bonds is 5. The van der Waals surface area contributed by atoms with Crippen LogP contribution in [-0.2, 0) is 0 Å². The lowest BCUT2D eigenvalue weighted by Gasteiger charge is -2.41. The van der Waals surface area contributed by atoms with Gasteiger partial charge in [0, 0.05) is 50.0 Å². The fourth-order valence-electron chi connectivity index (χ4n) is 5.78. The van der Waals surface area contributed by atoms with E-state index in [1.54, 1.807) is 0 Å². The van der Waals surface area contributed by atoms with Gasteiger partial charge in [0.25, 0.3) is 0 Å². The van der Waals surface area contributed by atoms with E-state index in [1.807, 2.05) is 54.6 Å². The maximum Gasteiger partial charge on any atom is 0.224 e. The van der Waals surface area contributed by atoms with Gasteiger partial charge in [-0.15, -0.1) is 0 Å². The van der Waals surface area contributed by atoms with E-state index in [4.69, 9.17) is 4.74 Å². The van der Waals surface area contributed by atoms with Gasteiger partial charge < -0.3 is 19.3 Å². The first-order chi connectivity index (χ1) is 17.7. The summed E-state index contributed by atoms with van der Waals surface area (Å²) in [5.74, 6) is 1.61. The maximum absolute atomic E-state index is 10.7. The van der Waals surface area contributed by atoms with Crippen LogP contribution in [-0.4, -0.2) is 68.7 Å². The summed E-state index contributed by atoms with van der Waals surface area (Å²) in [6.07, 6.45) is 8.26. The Bertz CT molecular complexity index is 1310. The molecular weight excluding hydrogens is 450 g/mol. The molecule has 7 nitrogen and oxygen atoms in total. The van der Waals surface area contributed by atoms with E-state index >= 15 is 0 Å². The first kappa shape index (κ1) is 23.0. The average molecular weight is 484 g/mol. The first-order valence-corrected chi connectivity index (χ1v) is 13.0. The van der Waals surface area contributed by atoms with Crippen molar-refractivity contribution in [1.82, 2.24) is 24.3 Å². The molecule has 1 aliphatic heterocycles. The average Bonchev–Trinajstić information content (AvgIpc) is 3.31. The van der Waals surface area contributed by atoms with Crippen LogP contribution in [0.5, 0.6) is 17.4 Å². The van der Waals surface area contributed by atoms with Gasteiger partial charge in [0.15, 0.2) is 0 Å². The molecule has 1 aliphatic carbocycles. The van der Waals surface area contributed by atoms with Gasteiger partial charge in [0.1, 0.15) is 23.5 Å². The quantitative estimate of drug-likeness (QED) is 0.414. The Morgan fingerprint density at radius 3 is 2.19 bits per heavy atom. The molecule has 186 valence electrons. The second kappa shape index (κ2) is 9.91. The highest BCUT2D eigenvalue weighted by atomic mass is 16.5. The molecule has 1 N–H and O–H groups in total. The number of aromatic nitrogens is 3. The summed E-state index contributed by atoms with van der Waals surface area (Å²) in [5, 5.41) is 11.4. The third-order valence-electron chi connectivity index (χ3n) is 7.85. The second-order valence-electron chi connectivity index (χ2n) is 10.1. The van der Waals surface area contributed by atoms with Crippen molar-refractivity contribution in [2.45, 2.75) is 37.8 Å². The summed E-state index contributed by atoms with van der Waals surface area (Å²) < 4.78 is 8.24. The summed E-state index contributed by atoms with van der Waals surface area (Å²) in [7, 11) is 2.21. The molecule has 6 rings (SSSR count). The highest BCUT2D eigenvalue weighted by molar-refractivity contribution is 5.97. The van der Waals surface area contributed by atoms with E-state index in [2.05, 4.69) is 37.6 Å². The summed E-state index contributed by atoms with van der Waals surface area (Å²) in [4.78, 5) is 13.8. The molecule has 0 bridgehead atoms. The lowest BCUT2D eigenvalue weighted by Crippen LogP contribution is -2.49. The molecule has 4 aromatic rings. The minimum atomic E-state index is 0.0319. The van der Waals surface area contributed by atoms with Crippen molar-refractivity contribution >= 4 is 11.0 Å². The van der Waals surface area contributed by atoms with Gasteiger partial charge in [-0.1, -0.05) is 30.3 Å². The van der Waals surface area contributed by atoms with Crippen molar-refractivity contribution in [1.29, 1.82) is 0 Å². The molecule has 0 spiro atoms. The number of piperazine rings is 1. The molecule has 36 heavy (non-hydrogen) atoms. The zero-order valence-corrected chi connectivity index (χ0v) is 20.8. The number of likely N-dealkylation sites (N-methyl/N-ethyl adjacent to an activating group) is 1. The fourth-order valence-corrected chi connectivity index (χ4v) is 5.78. The Kier molecular flexibility index (Phi) is 6.34. The number of hydrogen-bond acceptors (Lipinski definition) is 6. The number of para-hydroxylation sites is 1. The SMILES string of the molecule is CN1CCN([C@H]2CC[C@@H](n3cc(-c4ccc(Oc5ccccc5)cc4)c4c(O)ncnc43)CC2)CC1. The monoisotopic (exact) mass is 483 g/mol. The minimum absolute atomic E-state index is 0.0319. The molecule has 0 unspecified atom stereocenters. The standard InChI is InChI=1S/C29H33N5O2/c1-32-15-17-33(18-16-32)22-9-11-23(12-10-22)34-19-26(27-28(34)30-20-31-29(27)35)21-7-13-25(14-8-21)36-24-5-3-2-4-6-24/h2-8,13-14,19-20,22-23H,9-12,15-18H2,1H3,(H,30,31,35)/t22-,23+. The van der Waals surface area contributed by atoms with E-state index < -0.39 is 0 Å². The van der Waals surface area contributed by atoms with Crippen LogP contribution in [0.4, 0.5) is 0 Å². The molecule has 2 aromatic heterocycles. The van der Waals surface area contributed by atoms with E-state index in [0.717, 1.165) is 59.6 Å². The molecule has 1 saturated heterocycles. The predicted molar refractivity (Wildman–Crippen MR) is 142 cm³/mol. The Labute approximate surface area is 212 Å². The largest absolute Gasteiger partial charge is 0.493 e. The van der Waals surface area contributed by atoms with Crippen LogP contribution in [0.3, 0.4) is 0 Å². The van der Waals surface area contributed by atoms with Gasteiger partial charge in [0.2, 0.25) is 5.88 Å². The van der Waals surface area contributed by atoms with Crippen LogP contribution in [0.1, 0.15) is 31.7 Å². The van der Waals surface area contributed by atoms with E-state index in [-0.39, 0.29) is 5.88 Å². The zero-order chi connectivity index (χ0) is 24.5. The van der Waals surface area contributed by atoms with Crippen LogP contribution in [0.15, 0.2) is 67.1 Å². The normalized spacial score (nSPS) is 21.6. The topological polar surface area (TPSA) is 66.7 Å². The van der Waals surface area contributed by atoms with Crippen molar-refractivity contribution in [2.75, 3.05) is 33.2 Å². The molecule has 2 fully saturated rings. The zero-order valence-electron chi connectivity index (χ0n) is 20.8. The third kappa shape index (κ3) is 4.56. The number of ether oxygens (including phenoxy) is 1. The van der Waals surface area contributed by atoms with Gasteiger partial charge in [-0.25, -0.2) is 9.97 Å². The van der Waals surface area contributed by atoms with Crippen LogP contribution in [0.2, 0.25) is 0 Å². The van der Waals surface area contributed by atoms with Crippen LogP contribution >= 0.6 is 0 Å². The number of nitrogens with zero attached hydrogens (tertiary/aromatic N) is 5. The number of fused-ring (bicyclic) bond motifs is 1. The van der Waals surface area contributed by atoms with Gasteiger partial charge in [-0.05, 0) is 62.6 Å². The number of benzene rings is 2. The van der Waals surface area contributed by atoms with Crippen molar-refractivity contribution in [3.63, 3.8) is 0 Å². The maximum atomic E-state index is 10.7. The summed E-state index contributed by atoms with van der Waals surface area (Å²) in [6, 6.07) is 18.8. The fraction of sp³-hybridized carbons (Fsp3) is 0.379. The van der Waals surface area contributed by atoms with E-state index in [0.29, 0.717) is 12.1 Å². The highest BCUT2D eigenvalue weighted by Gasteiger charge is 2.30. The highest BCUT2D eigenvalue weighted by Crippen LogP contribution is 2.40. The van der Waals surface area contributed by atoms with E-state index in [9.17, 15) is 5.11 Å². The van der Waals surface area contributed by atoms with Gasteiger partial charge in [-0.2, -0.15) is 0 Å². The van der Waals surface area contributed by atoms with Crippen LogP contribution in [0, 0.1) is 0 Å². The van der Waals surface area contributed by atoms with Gasteiger partial charge >= 0.3 is 0 Å². The summed E-state index contributed by atoms with van der Waals surface area (Å²) in [5.41, 5.74) is 2.77.